The van der Waals surface area contributed by atoms with Crippen LogP contribution in [0.4, 0.5) is 0 Å². The Kier molecular flexibility index (Phi) is 5.50. The largest absolute Gasteiger partial charge is 0.462 e. The quantitative estimate of drug-likeness (QED) is 0.503. The van der Waals surface area contributed by atoms with E-state index in [1.165, 1.54) is 5.56 Å². The number of halogens is 1. The molecule has 0 atom stereocenters. The molecule has 0 bridgehead atoms. The number of ether oxygens (including phenoxy) is 1. The van der Waals surface area contributed by atoms with Gasteiger partial charge in [-0.15, -0.1) is 12.6 Å². The van der Waals surface area contributed by atoms with E-state index in [4.69, 9.17) is 16.3 Å². The Morgan fingerprint density at radius 2 is 1.90 bits per heavy atom. The number of hydrogen-bond donors (Lipinski definition) is 1. The average Bonchev–Trinajstić information content (AvgIpc) is 2.47. The number of carbonyl (C=O) groups is 1. The van der Waals surface area contributed by atoms with Gasteiger partial charge in [0.25, 0.3) is 0 Å². The van der Waals surface area contributed by atoms with Gasteiger partial charge in [-0.3, -0.25) is 0 Å². The fourth-order valence-electron chi connectivity index (χ4n) is 1.83. The van der Waals surface area contributed by atoms with Gasteiger partial charge >= 0.3 is 5.97 Å². The third-order valence-electron chi connectivity index (χ3n) is 2.86. The van der Waals surface area contributed by atoms with Crippen molar-refractivity contribution in [3.8, 4) is 0 Å². The van der Waals surface area contributed by atoms with Crippen LogP contribution in [0.2, 0.25) is 5.02 Å². The van der Waals surface area contributed by atoms with E-state index in [9.17, 15) is 4.79 Å². The lowest BCUT2D eigenvalue weighted by Crippen LogP contribution is -2.08. The van der Waals surface area contributed by atoms with Gasteiger partial charge in [0.1, 0.15) is 0 Å². The topological polar surface area (TPSA) is 26.3 Å². The van der Waals surface area contributed by atoms with Crippen molar-refractivity contribution in [2.24, 2.45) is 0 Å². The first-order valence-corrected chi connectivity index (χ1v) is 7.19. The van der Waals surface area contributed by atoms with Crippen LogP contribution >= 0.6 is 24.2 Å². The van der Waals surface area contributed by atoms with Crippen molar-refractivity contribution >= 4 is 30.2 Å². The monoisotopic (exact) mass is 306 g/mol. The molecule has 0 saturated carbocycles. The second kappa shape index (κ2) is 7.36. The molecule has 0 aliphatic heterocycles. The fraction of sp³-hybridized carbons (Fsp3) is 0.188. The van der Waals surface area contributed by atoms with Crippen LogP contribution in [-0.4, -0.2) is 12.6 Å². The SMILES string of the molecule is O=C(OCCCc1ccccc1)c1cc(S)ccc1Cl. The highest BCUT2D eigenvalue weighted by molar-refractivity contribution is 7.80. The molecule has 0 aliphatic rings. The van der Waals surface area contributed by atoms with Gasteiger partial charge in [-0.25, -0.2) is 4.79 Å². The van der Waals surface area contributed by atoms with Gasteiger partial charge in [-0.05, 0) is 36.6 Å². The summed E-state index contributed by atoms with van der Waals surface area (Å²) >= 11 is 10.2. The number of aryl methyl sites for hydroxylation is 1. The summed E-state index contributed by atoms with van der Waals surface area (Å²) in [5, 5.41) is 0.385. The van der Waals surface area contributed by atoms with Crippen LogP contribution in [0.3, 0.4) is 0 Å². The van der Waals surface area contributed by atoms with Gasteiger partial charge < -0.3 is 4.74 Å². The molecule has 0 N–H and O–H groups in total. The number of rotatable bonds is 5. The van der Waals surface area contributed by atoms with Crippen molar-refractivity contribution in [1.82, 2.24) is 0 Å². The van der Waals surface area contributed by atoms with Crippen LogP contribution in [0.15, 0.2) is 53.4 Å². The second-order valence-corrected chi connectivity index (χ2v) is 5.31. The normalized spacial score (nSPS) is 10.3. The van der Waals surface area contributed by atoms with E-state index in [1.807, 2.05) is 18.2 Å². The minimum absolute atomic E-state index is 0.360. The Hall–Kier alpha value is -1.45. The molecule has 0 radical (unpaired) electrons. The van der Waals surface area contributed by atoms with Crippen LogP contribution < -0.4 is 0 Å². The van der Waals surface area contributed by atoms with Crippen molar-refractivity contribution < 1.29 is 9.53 Å². The zero-order chi connectivity index (χ0) is 14.4. The van der Waals surface area contributed by atoms with Crippen LogP contribution in [-0.2, 0) is 11.2 Å². The molecule has 0 amide bonds. The summed E-state index contributed by atoms with van der Waals surface area (Å²) in [5.41, 5.74) is 1.60. The van der Waals surface area contributed by atoms with Gasteiger partial charge in [0, 0.05) is 4.90 Å². The molecule has 20 heavy (non-hydrogen) atoms. The molecule has 2 rings (SSSR count). The maximum absolute atomic E-state index is 11.9. The lowest BCUT2D eigenvalue weighted by molar-refractivity contribution is 0.0500. The third-order valence-corrected chi connectivity index (χ3v) is 3.46. The van der Waals surface area contributed by atoms with E-state index >= 15 is 0 Å². The summed E-state index contributed by atoms with van der Waals surface area (Å²) in [6, 6.07) is 15.1. The number of thiol groups is 1. The molecular weight excluding hydrogens is 292 g/mol. The van der Waals surface area contributed by atoms with Gasteiger partial charge in [-0.2, -0.15) is 0 Å². The molecule has 2 aromatic carbocycles. The molecule has 0 aliphatic carbocycles. The molecule has 0 heterocycles. The predicted molar refractivity (Wildman–Crippen MR) is 83.7 cm³/mol. The van der Waals surface area contributed by atoms with Gasteiger partial charge in [0.2, 0.25) is 0 Å². The molecule has 0 saturated heterocycles. The Labute approximate surface area is 129 Å². The molecule has 0 fully saturated rings. The van der Waals surface area contributed by atoms with Crippen LogP contribution in [0, 0.1) is 0 Å². The minimum Gasteiger partial charge on any atom is -0.462 e. The fourth-order valence-corrected chi connectivity index (χ4v) is 2.23. The maximum atomic E-state index is 11.9. The van der Waals surface area contributed by atoms with Crippen molar-refractivity contribution in [3.05, 3.63) is 64.7 Å². The molecule has 2 nitrogen and oxygen atoms in total. The maximum Gasteiger partial charge on any atom is 0.339 e. The minimum atomic E-state index is -0.404. The number of esters is 1. The average molecular weight is 307 g/mol. The van der Waals surface area contributed by atoms with Gasteiger partial charge in [-0.1, -0.05) is 41.9 Å². The zero-order valence-electron chi connectivity index (χ0n) is 10.9. The standard InChI is InChI=1S/C16H15ClO2S/c17-15-9-8-13(20)11-14(15)16(18)19-10-4-7-12-5-2-1-3-6-12/h1-3,5-6,8-9,11,20H,4,7,10H2. The van der Waals surface area contributed by atoms with Crippen LogP contribution in [0.1, 0.15) is 22.3 Å². The molecule has 4 heteroatoms. The summed E-state index contributed by atoms with van der Waals surface area (Å²) in [6.07, 6.45) is 1.67. The number of carbonyl (C=O) groups excluding carboxylic acids is 1. The van der Waals surface area contributed by atoms with E-state index in [0.717, 1.165) is 12.8 Å². The van der Waals surface area contributed by atoms with Crippen molar-refractivity contribution in [1.29, 1.82) is 0 Å². The summed E-state index contributed by atoms with van der Waals surface area (Å²) in [4.78, 5) is 12.6. The zero-order valence-corrected chi connectivity index (χ0v) is 12.5. The lowest BCUT2D eigenvalue weighted by Gasteiger charge is -2.07. The second-order valence-electron chi connectivity index (χ2n) is 4.39. The van der Waals surface area contributed by atoms with Gasteiger partial charge in [0.15, 0.2) is 0 Å². The van der Waals surface area contributed by atoms with Crippen molar-refractivity contribution in [2.45, 2.75) is 17.7 Å². The Morgan fingerprint density at radius 1 is 1.15 bits per heavy atom. The smallest absolute Gasteiger partial charge is 0.339 e. The summed E-state index contributed by atoms with van der Waals surface area (Å²) < 4.78 is 5.23. The first-order chi connectivity index (χ1) is 9.66. The summed E-state index contributed by atoms with van der Waals surface area (Å²) in [5.74, 6) is -0.404. The Bertz CT molecular complexity index is 584. The molecule has 104 valence electrons. The lowest BCUT2D eigenvalue weighted by atomic mass is 10.1. The molecular formula is C16H15ClO2S. The first kappa shape index (κ1) is 14.9. The Morgan fingerprint density at radius 3 is 2.65 bits per heavy atom. The van der Waals surface area contributed by atoms with Crippen molar-refractivity contribution in [3.63, 3.8) is 0 Å². The van der Waals surface area contributed by atoms with Gasteiger partial charge in [0.05, 0.1) is 17.2 Å². The molecule has 0 aromatic heterocycles. The van der Waals surface area contributed by atoms with Crippen LogP contribution in [0.25, 0.3) is 0 Å². The van der Waals surface area contributed by atoms with E-state index < -0.39 is 5.97 Å². The summed E-state index contributed by atoms with van der Waals surface area (Å²) in [6.45, 7) is 0.376. The molecule has 0 unspecified atom stereocenters. The van der Waals surface area contributed by atoms with E-state index in [0.29, 0.717) is 22.1 Å². The first-order valence-electron chi connectivity index (χ1n) is 6.36. The highest BCUT2D eigenvalue weighted by atomic mass is 35.5. The third kappa shape index (κ3) is 4.29. The van der Waals surface area contributed by atoms with Crippen LogP contribution in [0.5, 0.6) is 0 Å². The van der Waals surface area contributed by atoms with E-state index in [-0.39, 0.29) is 0 Å². The highest BCUT2D eigenvalue weighted by Gasteiger charge is 2.11. The highest BCUT2D eigenvalue weighted by Crippen LogP contribution is 2.20. The number of benzene rings is 2. The predicted octanol–water partition coefficient (Wildman–Crippen LogP) is 4.42. The molecule has 2 aromatic rings. The summed E-state index contributed by atoms with van der Waals surface area (Å²) in [7, 11) is 0. The number of hydrogen-bond acceptors (Lipinski definition) is 3. The molecule has 0 spiro atoms. The van der Waals surface area contributed by atoms with E-state index in [2.05, 4.69) is 24.8 Å². The van der Waals surface area contributed by atoms with E-state index in [1.54, 1.807) is 18.2 Å². The Balaban J connectivity index is 1.82. The van der Waals surface area contributed by atoms with Crippen molar-refractivity contribution in [2.75, 3.05) is 6.61 Å².